The summed E-state index contributed by atoms with van der Waals surface area (Å²) in [5.41, 5.74) is 2.12. The molecule has 0 heterocycles. The molecule has 0 spiro atoms. The van der Waals surface area contributed by atoms with E-state index in [0.717, 1.165) is 11.1 Å². The van der Waals surface area contributed by atoms with Gasteiger partial charge in [0.15, 0.2) is 0 Å². The van der Waals surface area contributed by atoms with E-state index in [-0.39, 0.29) is 17.7 Å². The summed E-state index contributed by atoms with van der Waals surface area (Å²) in [4.78, 5) is 23.1. The van der Waals surface area contributed by atoms with Crippen molar-refractivity contribution in [2.45, 2.75) is 38.8 Å². The minimum Gasteiger partial charge on any atom is -0.481 e. The Hall–Kier alpha value is -1.88. The van der Waals surface area contributed by atoms with Crippen molar-refractivity contribution in [3.8, 4) is 0 Å². The number of methoxy groups -OCH3 is 1. The predicted octanol–water partition coefficient (Wildman–Crippen LogP) is 2.34. The fourth-order valence-electron chi connectivity index (χ4n) is 2.93. The zero-order valence-corrected chi connectivity index (χ0v) is 12.9. The Balaban J connectivity index is 1.80. The van der Waals surface area contributed by atoms with Crippen molar-refractivity contribution in [3.63, 3.8) is 0 Å². The van der Waals surface area contributed by atoms with Crippen LogP contribution in [0.1, 0.15) is 36.8 Å². The summed E-state index contributed by atoms with van der Waals surface area (Å²) < 4.78 is 5.10. The average molecular weight is 305 g/mol. The van der Waals surface area contributed by atoms with E-state index in [1.165, 1.54) is 0 Å². The summed E-state index contributed by atoms with van der Waals surface area (Å²) in [5, 5.41) is 11.9. The molecule has 5 nitrogen and oxygen atoms in total. The van der Waals surface area contributed by atoms with Crippen LogP contribution in [-0.2, 0) is 27.5 Å². The molecule has 0 bridgehead atoms. The Labute approximate surface area is 130 Å². The van der Waals surface area contributed by atoms with Gasteiger partial charge in [-0.1, -0.05) is 24.3 Å². The van der Waals surface area contributed by atoms with Crippen molar-refractivity contribution in [3.05, 3.63) is 35.4 Å². The zero-order valence-electron chi connectivity index (χ0n) is 12.9. The number of carboxylic acid groups (broad SMARTS) is 1. The van der Waals surface area contributed by atoms with Crippen molar-refractivity contribution >= 4 is 11.9 Å². The minimum atomic E-state index is -0.742. The number of carbonyl (C=O) groups excluding carboxylic acids is 1. The fourth-order valence-corrected chi connectivity index (χ4v) is 2.93. The first-order chi connectivity index (χ1) is 10.6. The minimum absolute atomic E-state index is 0.0287. The van der Waals surface area contributed by atoms with Gasteiger partial charge in [-0.15, -0.1) is 0 Å². The van der Waals surface area contributed by atoms with Crippen LogP contribution < -0.4 is 5.32 Å². The van der Waals surface area contributed by atoms with Gasteiger partial charge in [0.2, 0.25) is 5.91 Å². The Morgan fingerprint density at radius 2 is 1.82 bits per heavy atom. The normalized spacial score (nSPS) is 21.3. The number of hydrogen-bond acceptors (Lipinski definition) is 3. The number of amides is 1. The Bertz CT molecular complexity index is 521. The highest BCUT2D eigenvalue weighted by Gasteiger charge is 2.29. The fraction of sp³-hybridized carbons (Fsp3) is 0.529. The SMILES string of the molecule is COCc1cccc(CNC(=O)C2CCC(C(=O)O)CC2)c1. The molecule has 0 radical (unpaired) electrons. The number of hydrogen-bond donors (Lipinski definition) is 2. The lowest BCUT2D eigenvalue weighted by molar-refractivity contribution is -0.144. The van der Waals surface area contributed by atoms with Gasteiger partial charge in [-0.05, 0) is 36.8 Å². The molecule has 1 aromatic carbocycles. The molecule has 2 N–H and O–H groups in total. The van der Waals surface area contributed by atoms with Gasteiger partial charge in [0, 0.05) is 19.6 Å². The molecule has 5 heteroatoms. The van der Waals surface area contributed by atoms with Crippen LogP contribution in [0.2, 0.25) is 0 Å². The van der Waals surface area contributed by atoms with E-state index in [2.05, 4.69) is 5.32 Å². The molecule has 0 aliphatic heterocycles. The third-order valence-electron chi connectivity index (χ3n) is 4.22. The Morgan fingerprint density at radius 1 is 1.18 bits per heavy atom. The molecule has 0 saturated heterocycles. The molecule has 0 atom stereocenters. The lowest BCUT2D eigenvalue weighted by Crippen LogP contribution is -2.34. The van der Waals surface area contributed by atoms with Crippen molar-refractivity contribution in [2.24, 2.45) is 11.8 Å². The molecule has 1 aliphatic carbocycles. The molecular weight excluding hydrogens is 282 g/mol. The first kappa shape index (κ1) is 16.5. The number of carbonyl (C=O) groups is 2. The quantitative estimate of drug-likeness (QED) is 0.846. The van der Waals surface area contributed by atoms with Gasteiger partial charge < -0.3 is 15.2 Å². The average Bonchev–Trinajstić information content (AvgIpc) is 2.53. The third kappa shape index (κ3) is 4.56. The maximum Gasteiger partial charge on any atom is 0.306 e. The van der Waals surface area contributed by atoms with Crippen LogP contribution in [0.5, 0.6) is 0 Å². The highest BCUT2D eigenvalue weighted by Crippen LogP contribution is 2.29. The van der Waals surface area contributed by atoms with Crippen LogP contribution in [0.25, 0.3) is 0 Å². The van der Waals surface area contributed by atoms with Gasteiger partial charge in [-0.2, -0.15) is 0 Å². The molecule has 1 saturated carbocycles. The second-order valence-corrected chi connectivity index (χ2v) is 5.86. The largest absolute Gasteiger partial charge is 0.481 e. The molecule has 22 heavy (non-hydrogen) atoms. The first-order valence-electron chi connectivity index (χ1n) is 7.67. The van der Waals surface area contributed by atoms with E-state index in [1.807, 2.05) is 24.3 Å². The van der Waals surface area contributed by atoms with Gasteiger partial charge >= 0.3 is 5.97 Å². The van der Waals surface area contributed by atoms with Crippen molar-refractivity contribution in [2.75, 3.05) is 7.11 Å². The summed E-state index contributed by atoms with van der Waals surface area (Å²) in [6.07, 6.45) is 2.51. The number of rotatable bonds is 6. The number of aliphatic carboxylic acids is 1. The summed E-state index contributed by atoms with van der Waals surface area (Å²) in [6, 6.07) is 7.93. The van der Waals surface area contributed by atoms with Gasteiger partial charge in [0.25, 0.3) is 0 Å². The zero-order chi connectivity index (χ0) is 15.9. The summed E-state index contributed by atoms with van der Waals surface area (Å²) in [7, 11) is 1.65. The maximum absolute atomic E-state index is 12.2. The van der Waals surface area contributed by atoms with Gasteiger partial charge in [-0.3, -0.25) is 9.59 Å². The highest BCUT2D eigenvalue weighted by atomic mass is 16.5. The molecule has 1 fully saturated rings. The molecule has 0 unspecified atom stereocenters. The Morgan fingerprint density at radius 3 is 2.45 bits per heavy atom. The summed E-state index contributed by atoms with van der Waals surface area (Å²) in [5.74, 6) is -1.05. The second kappa shape index (κ2) is 7.94. The molecule has 1 aliphatic rings. The first-order valence-corrected chi connectivity index (χ1v) is 7.67. The third-order valence-corrected chi connectivity index (χ3v) is 4.22. The molecule has 2 rings (SSSR count). The molecule has 120 valence electrons. The van der Waals surface area contributed by atoms with E-state index in [0.29, 0.717) is 38.8 Å². The monoisotopic (exact) mass is 305 g/mol. The number of nitrogens with one attached hydrogen (secondary N) is 1. The van der Waals surface area contributed by atoms with Crippen LogP contribution in [0.4, 0.5) is 0 Å². The molecule has 1 amide bonds. The number of ether oxygens (including phenoxy) is 1. The smallest absolute Gasteiger partial charge is 0.306 e. The van der Waals surface area contributed by atoms with E-state index in [1.54, 1.807) is 7.11 Å². The van der Waals surface area contributed by atoms with Gasteiger partial charge in [0.1, 0.15) is 0 Å². The van der Waals surface area contributed by atoms with E-state index in [4.69, 9.17) is 9.84 Å². The van der Waals surface area contributed by atoms with E-state index < -0.39 is 5.97 Å². The molecule has 0 aromatic heterocycles. The van der Waals surface area contributed by atoms with Crippen molar-refractivity contribution in [1.82, 2.24) is 5.32 Å². The second-order valence-electron chi connectivity index (χ2n) is 5.86. The highest BCUT2D eigenvalue weighted by molar-refractivity contribution is 5.79. The summed E-state index contributed by atoms with van der Waals surface area (Å²) in [6.45, 7) is 1.05. The molecular formula is C17H23NO4. The standard InChI is InChI=1S/C17H23NO4/c1-22-11-13-4-2-3-12(9-13)10-18-16(19)14-5-7-15(8-6-14)17(20)21/h2-4,9,14-15H,5-8,10-11H2,1H3,(H,18,19)(H,20,21). The topological polar surface area (TPSA) is 75.6 Å². The van der Waals surface area contributed by atoms with Gasteiger partial charge in [0.05, 0.1) is 12.5 Å². The lowest BCUT2D eigenvalue weighted by Gasteiger charge is -2.25. The van der Waals surface area contributed by atoms with E-state index >= 15 is 0 Å². The van der Waals surface area contributed by atoms with Crippen LogP contribution in [-0.4, -0.2) is 24.1 Å². The predicted molar refractivity (Wildman–Crippen MR) is 82.1 cm³/mol. The van der Waals surface area contributed by atoms with Gasteiger partial charge in [-0.25, -0.2) is 0 Å². The van der Waals surface area contributed by atoms with Crippen LogP contribution in [0.3, 0.4) is 0 Å². The van der Waals surface area contributed by atoms with Crippen LogP contribution in [0, 0.1) is 11.8 Å². The van der Waals surface area contributed by atoms with Crippen molar-refractivity contribution in [1.29, 1.82) is 0 Å². The number of benzene rings is 1. The van der Waals surface area contributed by atoms with Crippen LogP contribution >= 0.6 is 0 Å². The maximum atomic E-state index is 12.2. The van der Waals surface area contributed by atoms with Crippen LogP contribution in [0.15, 0.2) is 24.3 Å². The van der Waals surface area contributed by atoms with E-state index in [9.17, 15) is 9.59 Å². The molecule has 1 aromatic rings. The lowest BCUT2D eigenvalue weighted by atomic mass is 9.81. The van der Waals surface area contributed by atoms with Crippen molar-refractivity contribution < 1.29 is 19.4 Å². The Kier molecular flexibility index (Phi) is 5.95. The number of carboxylic acids is 1. The summed E-state index contributed by atoms with van der Waals surface area (Å²) >= 11 is 0.